The van der Waals surface area contributed by atoms with Crippen molar-refractivity contribution in [1.29, 1.82) is 0 Å². The summed E-state index contributed by atoms with van der Waals surface area (Å²) in [6.07, 6.45) is -3.61. The minimum absolute atomic E-state index is 0.00946. The van der Waals surface area contributed by atoms with E-state index < -0.39 is 42.3 Å². The molecule has 2 amide bonds. The second kappa shape index (κ2) is 10.9. The Morgan fingerprint density at radius 1 is 1.17 bits per heavy atom. The number of imidazole rings is 1. The fourth-order valence-corrected chi connectivity index (χ4v) is 4.82. The van der Waals surface area contributed by atoms with Crippen molar-refractivity contribution in [3.63, 3.8) is 0 Å². The molecule has 1 aromatic carbocycles. The smallest absolute Gasteiger partial charge is 0.364 e. The summed E-state index contributed by atoms with van der Waals surface area (Å²) in [7, 11) is 0. The number of fused-ring (bicyclic) bond motifs is 1. The average Bonchev–Trinajstić information content (AvgIpc) is 3.43. The Morgan fingerprint density at radius 2 is 1.88 bits per heavy atom. The number of benzene rings is 1. The van der Waals surface area contributed by atoms with Crippen LogP contribution in [0.3, 0.4) is 0 Å². The summed E-state index contributed by atoms with van der Waals surface area (Å²) in [5.74, 6) is -3.91. The number of nitrogens with zero attached hydrogens (tertiary/aromatic N) is 3. The lowest BCUT2D eigenvalue weighted by Crippen LogP contribution is -2.44. The van der Waals surface area contributed by atoms with Gasteiger partial charge in [0.1, 0.15) is 17.6 Å². The molecule has 10 nitrogen and oxygen atoms in total. The molecule has 228 valence electrons. The zero-order valence-electron chi connectivity index (χ0n) is 23.1. The lowest BCUT2D eigenvalue weighted by molar-refractivity contribution is -0.265. The number of amides is 2. The number of carbonyl (C=O) groups excluding carboxylic acids is 2. The summed E-state index contributed by atoms with van der Waals surface area (Å²) < 4.78 is 76.6. The van der Waals surface area contributed by atoms with Crippen molar-refractivity contribution in [3.05, 3.63) is 41.0 Å². The summed E-state index contributed by atoms with van der Waals surface area (Å²) >= 11 is 0. The maximum atomic E-state index is 13.5. The van der Waals surface area contributed by atoms with E-state index in [1.807, 2.05) is 0 Å². The van der Waals surface area contributed by atoms with Crippen LogP contribution in [0.5, 0.6) is 0 Å². The molecule has 2 aliphatic rings. The number of H-pyrrole nitrogens is 1. The predicted molar refractivity (Wildman–Crippen MR) is 138 cm³/mol. The Bertz CT molecular complexity index is 1460. The van der Waals surface area contributed by atoms with Gasteiger partial charge in [0.25, 0.3) is 5.91 Å². The van der Waals surface area contributed by atoms with Gasteiger partial charge in [0.2, 0.25) is 11.8 Å². The standard InChI is InChI=1S/C27H31F5N6O4/c1-13(33-20(39)8-14-10-26(28,29)11-14)16-6-7-17-18(9-16)35-23(34-17)19(12-41-25(2,3)27(30,31)32)36-24(40)22-21(15-4-5-15)37-42-38-22/h6-7,9,13-15,19H,4-5,8,10-12H2,1-3H3,(H,33,39)(H,34,35)(H,36,40)/t13-,19?/m1/s1. The molecule has 15 heteroatoms. The van der Waals surface area contributed by atoms with Gasteiger partial charge in [0, 0.05) is 25.2 Å². The highest BCUT2D eigenvalue weighted by molar-refractivity contribution is 5.93. The third kappa shape index (κ3) is 6.55. The van der Waals surface area contributed by atoms with Gasteiger partial charge in [-0.15, -0.1) is 0 Å². The third-order valence-electron chi connectivity index (χ3n) is 7.67. The van der Waals surface area contributed by atoms with Gasteiger partial charge in [-0.3, -0.25) is 9.59 Å². The molecule has 0 bridgehead atoms. The molecule has 5 rings (SSSR count). The van der Waals surface area contributed by atoms with Crippen molar-refractivity contribution in [2.24, 2.45) is 5.92 Å². The van der Waals surface area contributed by atoms with Gasteiger partial charge in [0.15, 0.2) is 11.3 Å². The van der Waals surface area contributed by atoms with Crippen LogP contribution in [-0.4, -0.2) is 56.4 Å². The highest BCUT2D eigenvalue weighted by Gasteiger charge is 2.49. The molecule has 0 aliphatic heterocycles. The number of carbonyl (C=O) groups is 2. The molecule has 1 unspecified atom stereocenters. The van der Waals surface area contributed by atoms with Gasteiger partial charge in [0.05, 0.1) is 23.7 Å². The summed E-state index contributed by atoms with van der Waals surface area (Å²) in [5.41, 5.74) is -0.529. The number of hydrogen-bond acceptors (Lipinski definition) is 7. The number of aromatic nitrogens is 4. The van der Waals surface area contributed by atoms with E-state index in [2.05, 4.69) is 30.9 Å². The highest BCUT2D eigenvalue weighted by atomic mass is 19.4. The molecule has 2 aromatic heterocycles. The minimum atomic E-state index is -4.67. The van der Waals surface area contributed by atoms with Crippen molar-refractivity contribution >= 4 is 22.8 Å². The molecule has 42 heavy (non-hydrogen) atoms. The lowest BCUT2D eigenvalue weighted by Gasteiger charge is -2.34. The molecule has 2 saturated carbocycles. The van der Waals surface area contributed by atoms with Crippen molar-refractivity contribution in [3.8, 4) is 0 Å². The third-order valence-corrected chi connectivity index (χ3v) is 7.67. The molecular weight excluding hydrogens is 567 g/mol. The fourth-order valence-electron chi connectivity index (χ4n) is 4.82. The van der Waals surface area contributed by atoms with Crippen LogP contribution in [0, 0.1) is 5.92 Å². The molecular formula is C27H31F5N6O4. The molecule has 0 saturated heterocycles. The zero-order valence-corrected chi connectivity index (χ0v) is 23.1. The van der Waals surface area contributed by atoms with Crippen LogP contribution in [0.25, 0.3) is 11.0 Å². The van der Waals surface area contributed by atoms with Crippen LogP contribution >= 0.6 is 0 Å². The van der Waals surface area contributed by atoms with E-state index in [4.69, 9.17) is 9.37 Å². The van der Waals surface area contributed by atoms with Crippen LogP contribution in [-0.2, 0) is 9.53 Å². The molecule has 2 atom stereocenters. The summed E-state index contributed by atoms with van der Waals surface area (Å²) in [4.78, 5) is 33.0. The Morgan fingerprint density at radius 3 is 2.52 bits per heavy atom. The van der Waals surface area contributed by atoms with Gasteiger partial charge in [-0.2, -0.15) is 13.2 Å². The number of hydrogen-bond donors (Lipinski definition) is 3. The van der Waals surface area contributed by atoms with E-state index in [-0.39, 0.29) is 48.5 Å². The van der Waals surface area contributed by atoms with Crippen molar-refractivity contribution in [2.75, 3.05) is 6.61 Å². The number of alkyl halides is 5. The minimum Gasteiger partial charge on any atom is -0.364 e. The van der Waals surface area contributed by atoms with Crippen LogP contribution < -0.4 is 10.6 Å². The molecule has 3 aromatic rings. The molecule has 0 spiro atoms. The molecule has 3 N–H and O–H groups in total. The van der Waals surface area contributed by atoms with Gasteiger partial charge in [-0.05, 0) is 62.4 Å². The summed E-state index contributed by atoms with van der Waals surface area (Å²) in [6.45, 7) is 2.94. The van der Waals surface area contributed by atoms with Crippen LogP contribution in [0.2, 0.25) is 0 Å². The second-order valence-corrected chi connectivity index (χ2v) is 11.6. The molecule has 2 aliphatic carbocycles. The Labute approximate surface area is 237 Å². The Balaban J connectivity index is 1.33. The van der Waals surface area contributed by atoms with Gasteiger partial charge < -0.3 is 20.4 Å². The number of ether oxygens (including phenoxy) is 1. The summed E-state index contributed by atoms with van der Waals surface area (Å²) in [5, 5.41) is 12.9. The van der Waals surface area contributed by atoms with Crippen molar-refractivity contribution < 1.29 is 40.9 Å². The van der Waals surface area contributed by atoms with E-state index in [0.29, 0.717) is 22.3 Å². The van der Waals surface area contributed by atoms with E-state index in [1.54, 1.807) is 25.1 Å². The quantitative estimate of drug-likeness (QED) is 0.256. The largest absolute Gasteiger partial charge is 0.416 e. The maximum Gasteiger partial charge on any atom is 0.416 e. The molecule has 0 radical (unpaired) electrons. The molecule has 2 heterocycles. The van der Waals surface area contributed by atoms with Gasteiger partial charge >= 0.3 is 6.18 Å². The predicted octanol–water partition coefficient (Wildman–Crippen LogP) is 5.26. The van der Waals surface area contributed by atoms with E-state index >= 15 is 0 Å². The lowest BCUT2D eigenvalue weighted by atomic mass is 9.79. The fraction of sp³-hybridized carbons (Fsp3) is 0.593. The Hall–Kier alpha value is -3.62. The van der Waals surface area contributed by atoms with Gasteiger partial charge in [-0.1, -0.05) is 11.2 Å². The van der Waals surface area contributed by atoms with E-state index in [1.165, 1.54) is 0 Å². The normalized spacial score (nSPS) is 18.9. The first kappa shape index (κ1) is 29.9. The maximum absolute atomic E-state index is 13.5. The number of rotatable bonds is 11. The van der Waals surface area contributed by atoms with Crippen LogP contribution in [0.1, 0.15) is 98.4 Å². The first-order valence-electron chi connectivity index (χ1n) is 13.6. The first-order valence-corrected chi connectivity index (χ1v) is 13.6. The monoisotopic (exact) mass is 598 g/mol. The van der Waals surface area contributed by atoms with Gasteiger partial charge in [-0.25, -0.2) is 18.4 Å². The highest BCUT2D eigenvalue weighted by Crippen LogP contribution is 2.44. The number of nitrogens with one attached hydrogen (secondary N) is 3. The second-order valence-electron chi connectivity index (χ2n) is 11.6. The van der Waals surface area contributed by atoms with Crippen molar-refractivity contribution in [2.45, 2.75) is 88.6 Å². The van der Waals surface area contributed by atoms with E-state index in [9.17, 15) is 31.5 Å². The van der Waals surface area contributed by atoms with Crippen LogP contribution in [0.4, 0.5) is 22.0 Å². The number of halogens is 5. The van der Waals surface area contributed by atoms with E-state index in [0.717, 1.165) is 26.7 Å². The Kier molecular flexibility index (Phi) is 7.75. The van der Waals surface area contributed by atoms with Crippen LogP contribution in [0.15, 0.2) is 22.8 Å². The summed E-state index contributed by atoms with van der Waals surface area (Å²) in [6, 6.07) is 3.50. The average molecular weight is 599 g/mol. The molecule has 2 fully saturated rings. The SMILES string of the molecule is C[C@@H](NC(=O)CC1CC(F)(F)C1)c1ccc2nc(C(COC(C)(C)C(F)(F)F)NC(=O)c3nonc3C3CC3)[nH]c2c1. The topological polar surface area (TPSA) is 135 Å². The van der Waals surface area contributed by atoms with Crippen molar-refractivity contribution in [1.82, 2.24) is 30.9 Å². The number of aromatic amines is 1. The first-order chi connectivity index (χ1) is 19.6. The zero-order chi connectivity index (χ0) is 30.4.